The molecule has 2 rings (SSSR count). The van der Waals surface area contributed by atoms with E-state index >= 15 is 0 Å². The van der Waals surface area contributed by atoms with E-state index in [0.717, 1.165) is 30.8 Å². The Balaban J connectivity index is 2.13. The smallest absolute Gasteiger partial charge is 0.119 e. The topological polar surface area (TPSA) is 37.0 Å². The molecular weight excluding hydrogens is 212 g/mol. The molecule has 0 aliphatic heterocycles. The average molecular weight is 230 g/mol. The quantitative estimate of drug-likeness (QED) is 0.591. The van der Waals surface area contributed by atoms with E-state index in [-0.39, 0.29) is 0 Å². The van der Waals surface area contributed by atoms with E-state index in [4.69, 9.17) is 4.74 Å². The van der Waals surface area contributed by atoms with Crippen molar-refractivity contribution < 1.29 is 4.74 Å². The number of aromatic amines is 1. The second kappa shape index (κ2) is 5.55. The molecule has 90 valence electrons. The van der Waals surface area contributed by atoms with Gasteiger partial charge in [0, 0.05) is 23.6 Å². The highest BCUT2D eigenvalue weighted by Gasteiger charge is 2.04. The third-order valence-electron chi connectivity index (χ3n) is 2.83. The molecule has 0 bridgehead atoms. The van der Waals surface area contributed by atoms with Crippen molar-refractivity contribution in [2.24, 2.45) is 0 Å². The molecule has 0 spiro atoms. The van der Waals surface area contributed by atoms with E-state index in [1.807, 2.05) is 12.1 Å². The first-order valence-corrected chi connectivity index (χ1v) is 5.80. The van der Waals surface area contributed by atoms with Gasteiger partial charge in [0.2, 0.25) is 0 Å². The molecule has 1 aromatic heterocycles. The molecule has 1 heterocycles. The number of hydrogen-bond acceptors (Lipinski definition) is 2. The van der Waals surface area contributed by atoms with Gasteiger partial charge in [-0.3, -0.25) is 0 Å². The Morgan fingerprint density at radius 1 is 1.47 bits per heavy atom. The Morgan fingerprint density at radius 3 is 3.12 bits per heavy atom. The predicted molar refractivity (Wildman–Crippen MR) is 71.6 cm³/mol. The SMILES string of the molecule is C=CCNCCc1c[nH]c2ccc(OC)cc12. The van der Waals surface area contributed by atoms with Crippen molar-refractivity contribution in [2.45, 2.75) is 6.42 Å². The van der Waals surface area contributed by atoms with Crippen LogP contribution >= 0.6 is 0 Å². The second-order valence-corrected chi connectivity index (χ2v) is 3.97. The lowest BCUT2D eigenvalue weighted by Crippen LogP contribution is -2.16. The summed E-state index contributed by atoms with van der Waals surface area (Å²) in [6, 6.07) is 6.10. The number of aromatic nitrogens is 1. The van der Waals surface area contributed by atoms with Crippen LogP contribution in [0.15, 0.2) is 37.1 Å². The van der Waals surface area contributed by atoms with Gasteiger partial charge in [0.05, 0.1) is 7.11 Å². The molecule has 0 aliphatic carbocycles. The molecule has 0 fully saturated rings. The maximum Gasteiger partial charge on any atom is 0.119 e. The lowest BCUT2D eigenvalue weighted by molar-refractivity contribution is 0.415. The van der Waals surface area contributed by atoms with Crippen LogP contribution in [0, 0.1) is 0 Å². The highest BCUT2D eigenvalue weighted by molar-refractivity contribution is 5.84. The van der Waals surface area contributed by atoms with Crippen molar-refractivity contribution in [3.8, 4) is 5.75 Å². The molecule has 3 heteroatoms. The molecule has 0 unspecified atom stereocenters. The summed E-state index contributed by atoms with van der Waals surface area (Å²) in [6.45, 7) is 5.49. The van der Waals surface area contributed by atoms with Crippen LogP contribution in [0.25, 0.3) is 10.9 Å². The molecule has 0 amide bonds. The van der Waals surface area contributed by atoms with Gasteiger partial charge in [-0.25, -0.2) is 0 Å². The summed E-state index contributed by atoms with van der Waals surface area (Å²) in [6.07, 6.45) is 4.94. The lowest BCUT2D eigenvalue weighted by Gasteiger charge is -2.02. The summed E-state index contributed by atoms with van der Waals surface area (Å²) in [5, 5.41) is 4.54. The Morgan fingerprint density at radius 2 is 2.35 bits per heavy atom. The standard InChI is InChI=1S/C14H18N2O/c1-3-7-15-8-6-11-10-16-14-5-4-12(17-2)9-13(11)14/h3-5,9-10,15-16H,1,6-8H2,2H3. The van der Waals surface area contributed by atoms with Crippen molar-refractivity contribution in [1.29, 1.82) is 0 Å². The van der Waals surface area contributed by atoms with Gasteiger partial charge in [-0.1, -0.05) is 6.08 Å². The molecule has 0 saturated heterocycles. The van der Waals surface area contributed by atoms with Crippen molar-refractivity contribution in [3.63, 3.8) is 0 Å². The monoisotopic (exact) mass is 230 g/mol. The first kappa shape index (κ1) is 11.7. The van der Waals surface area contributed by atoms with Gasteiger partial charge in [-0.05, 0) is 36.7 Å². The lowest BCUT2D eigenvalue weighted by atomic mass is 10.1. The summed E-state index contributed by atoms with van der Waals surface area (Å²) in [4.78, 5) is 3.28. The van der Waals surface area contributed by atoms with Crippen LogP contribution < -0.4 is 10.1 Å². The molecule has 3 nitrogen and oxygen atoms in total. The number of fused-ring (bicyclic) bond motifs is 1. The maximum atomic E-state index is 5.25. The number of ether oxygens (including phenoxy) is 1. The second-order valence-electron chi connectivity index (χ2n) is 3.97. The molecule has 2 aromatic rings. The van der Waals surface area contributed by atoms with Gasteiger partial charge in [0.1, 0.15) is 5.75 Å². The minimum Gasteiger partial charge on any atom is -0.497 e. The van der Waals surface area contributed by atoms with Crippen molar-refractivity contribution >= 4 is 10.9 Å². The molecule has 0 saturated carbocycles. The number of hydrogen-bond donors (Lipinski definition) is 2. The molecular formula is C14H18N2O. The molecule has 0 aliphatic rings. The van der Waals surface area contributed by atoms with E-state index in [0.29, 0.717) is 0 Å². The van der Waals surface area contributed by atoms with Crippen LogP contribution in [0.1, 0.15) is 5.56 Å². The van der Waals surface area contributed by atoms with Gasteiger partial charge < -0.3 is 15.0 Å². The zero-order valence-electron chi connectivity index (χ0n) is 10.1. The fourth-order valence-electron chi connectivity index (χ4n) is 1.92. The third-order valence-corrected chi connectivity index (χ3v) is 2.83. The van der Waals surface area contributed by atoms with Crippen LogP contribution in [0.5, 0.6) is 5.75 Å². The summed E-state index contributed by atoms with van der Waals surface area (Å²) in [7, 11) is 1.69. The Hall–Kier alpha value is -1.74. The minimum absolute atomic E-state index is 0.853. The van der Waals surface area contributed by atoms with E-state index < -0.39 is 0 Å². The first-order valence-electron chi connectivity index (χ1n) is 5.80. The largest absolute Gasteiger partial charge is 0.497 e. The zero-order valence-corrected chi connectivity index (χ0v) is 10.1. The normalized spacial score (nSPS) is 10.6. The molecule has 17 heavy (non-hydrogen) atoms. The Labute approximate surface area is 101 Å². The van der Waals surface area contributed by atoms with Gasteiger partial charge >= 0.3 is 0 Å². The Bertz CT molecular complexity index is 502. The number of nitrogens with one attached hydrogen (secondary N) is 2. The van der Waals surface area contributed by atoms with Crippen molar-refractivity contribution in [3.05, 3.63) is 42.6 Å². The van der Waals surface area contributed by atoms with Crippen molar-refractivity contribution in [2.75, 3.05) is 20.2 Å². The van der Waals surface area contributed by atoms with Crippen LogP contribution in [0.2, 0.25) is 0 Å². The van der Waals surface area contributed by atoms with Gasteiger partial charge in [0.25, 0.3) is 0 Å². The van der Waals surface area contributed by atoms with E-state index in [1.54, 1.807) is 7.11 Å². The highest BCUT2D eigenvalue weighted by Crippen LogP contribution is 2.23. The predicted octanol–water partition coefficient (Wildman–Crippen LogP) is 2.49. The summed E-state index contributed by atoms with van der Waals surface area (Å²) in [5.74, 6) is 0.900. The summed E-state index contributed by atoms with van der Waals surface area (Å²) in [5.41, 5.74) is 2.47. The van der Waals surface area contributed by atoms with E-state index in [1.165, 1.54) is 10.9 Å². The average Bonchev–Trinajstić information content (AvgIpc) is 2.77. The summed E-state index contributed by atoms with van der Waals surface area (Å²) >= 11 is 0. The number of rotatable bonds is 6. The molecule has 0 atom stereocenters. The van der Waals surface area contributed by atoms with E-state index in [2.05, 4.69) is 35.2 Å². The number of H-pyrrole nitrogens is 1. The van der Waals surface area contributed by atoms with Crippen LogP contribution in [0.4, 0.5) is 0 Å². The number of methoxy groups -OCH3 is 1. The minimum atomic E-state index is 0.853. The van der Waals surface area contributed by atoms with Crippen LogP contribution in [0.3, 0.4) is 0 Å². The van der Waals surface area contributed by atoms with Gasteiger partial charge in [0.15, 0.2) is 0 Å². The molecule has 2 N–H and O–H groups in total. The first-order chi connectivity index (χ1) is 8.35. The van der Waals surface area contributed by atoms with Gasteiger partial charge in [-0.2, -0.15) is 0 Å². The van der Waals surface area contributed by atoms with Crippen molar-refractivity contribution in [1.82, 2.24) is 10.3 Å². The number of benzene rings is 1. The summed E-state index contributed by atoms with van der Waals surface area (Å²) < 4.78 is 5.25. The van der Waals surface area contributed by atoms with E-state index in [9.17, 15) is 0 Å². The Kier molecular flexibility index (Phi) is 3.83. The van der Waals surface area contributed by atoms with Crippen LogP contribution in [-0.2, 0) is 6.42 Å². The molecule has 1 aromatic carbocycles. The van der Waals surface area contributed by atoms with Gasteiger partial charge in [-0.15, -0.1) is 6.58 Å². The van der Waals surface area contributed by atoms with Crippen LogP contribution in [-0.4, -0.2) is 25.2 Å². The fraction of sp³-hybridized carbons (Fsp3) is 0.286. The molecule has 0 radical (unpaired) electrons. The highest BCUT2D eigenvalue weighted by atomic mass is 16.5. The maximum absolute atomic E-state index is 5.25. The zero-order chi connectivity index (χ0) is 12.1. The third kappa shape index (κ3) is 2.68. The fourth-order valence-corrected chi connectivity index (χ4v) is 1.92.